The molecule has 6 aliphatic rings. The highest BCUT2D eigenvalue weighted by Crippen LogP contribution is 2.68. The van der Waals surface area contributed by atoms with Gasteiger partial charge in [0, 0.05) is 89.9 Å². The number of aliphatic hydroxyl groups is 1. The summed E-state index contributed by atoms with van der Waals surface area (Å²) >= 11 is 0. The zero-order valence-electron chi connectivity index (χ0n) is 42.4. The van der Waals surface area contributed by atoms with E-state index in [0.29, 0.717) is 79.2 Å². The van der Waals surface area contributed by atoms with Crippen molar-refractivity contribution in [3.63, 3.8) is 0 Å². The van der Waals surface area contributed by atoms with E-state index in [1.165, 1.54) is 28.3 Å². The second-order valence-electron chi connectivity index (χ2n) is 21.5. The average molecular weight is 964 g/mol. The first kappa shape index (κ1) is 49.3. The SMILES string of the molecule is CCC1=C[C@@H]2CN(C1)[C@H](C(=O)NC(C)(C)C)[C@H](C(=O)OC)Cc1c([nH]c3ccccc13)[C@@](C(=O)OC)(c1cc3c(cc1OC)N(C)C1[C@]34CCN3CC=C[C@@](CC)([C@@H](OC(C)=O)[C@]1(O)C(=O)OC)[C@H]34)C2. The number of methoxy groups -OCH3 is 4. The molecule has 3 aromatic rings. The number of hydrogen-bond donors (Lipinski definition) is 3. The van der Waals surface area contributed by atoms with Crippen LogP contribution in [0.25, 0.3) is 10.9 Å². The highest BCUT2D eigenvalue weighted by molar-refractivity contribution is 5.96. The number of aromatic nitrogens is 1. The number of esters is 4. The molecule has 1 amide bonds. The monoisotopic (exact) mass is 963 g/mol. The van der Waals surface area contributed by atoms with E-state index in [1.807, 2.05) is 88.2 Å². The van der Waals surface area contributed by atoms with Gasteiger partial charge in [0.05, 0.1) is 40.4 Å². The smallest absolute Gasteiger partial charge is 0.344 e. The van der Waals surface area contributed by atoms with Crippen molar-refractivity contribution in [3.05, 3.63) is 82.6 Å². The van der Waals surface area contributed by atoms with Gasteiger partial charge >= 0.3 is 23.9 Å². The second-order valence-corrected chi connectivity index (χ2v) is 21.5. The lowest BCUT2D eigenvalue weighted by Gasteiger charge is -2.63. The Morgan fingerprint density at radius 2 is 1.67 bits per heavy atom. The van der Waals surface area contributed by atoms with Gasteiger partial charge in [-0.1, -0.05) is 55.8 Å². The molecule has 5 aliphatic heterocycles. The molecular formula is C54H69N5O11. The Labute approximate surface area is 410 Å². The van der Waals surface area contributed by atoms with Crippen molar-refractivity contribution in [2.75, 3.05) is 66.6 Å². The summed E-state index contributed by atoms with van der Waals surface area (Å²) in [6, 6.07) is 9.30. The predicted molar refractivity (Wildman–Crippen MR) is 261 cm³/mol. The fourth-order valence-electron chi connectivity index (χ4n) is 14.4. The minimum atomic E-state index is -2.38. The van der Waals surface area contributed by atoms with Crippen molar-refractivity contribution < 1.29 is 52.8 Å². The standard InChI is InChI=1S/C54H69N5O11/c1-12-31-23-32-27-53(48(63)68-10,42-34(33-17-14-15-18-38(33)55-42)24-35(44(62)67-9)41(59(28-31)29-32)43(61)56-50(4,5)6)37-25-36-39(26-40(37)66-8)57(7)46-52(36)20-22-58-21-16-19-51(13-2,45(52)58)47(70-30(3)60)54(46,65)49(64)69-11/h14-19,23,25-26,32,35,41,45-47,55,65H,12-13,20-22,24,27-29H2,1-11H3,(H,56,61)/t32-,35+,41-,45-,46?,47+,51+,52+,53-,54-/m0/s1. The summed E-state index contributed by atoms with van der Waals surface area (Å²) in [5, 5.41) is 17.4. The fraction of sp³-hybridized carbons (Fsp3) is 0.574. The Bertz CT molecular complexity index is 2710. The minimum Gasteiger partial charge on any atom is -0.496 e. The number of para-hydroxylation sites is 1. The van der Waals surface area contributed by atoms with Crippen molar-refractivity contribution in [2.24, 2.45) is 17.3 Å². The number of benzene rings is 2. The number of anilines is 1. The van der Waals surface area contributed by atoms with Crippen molar-refractivity contribution in [1.82, 2.24) is 20.1 Å². The summed E-state index contributed by atoms with van der Waals surface area (Å²) in [6.07, 6.45) is 6.68. The van der Waals surface area contributed by atoms with Crippen LogP contribution in [0.1, 0.15) is 89.6 Å². The van der Waals surface area contributed by atoms with E-state index in [-0.39, 0.29) is 30.7 Å². The number of likely N-dealkylation sites (N-methyl/N-ethyl adjacent to an activating group) is 1. The molecular weight excluding hydrogens is 895 g/mol. The Morgan fingerprint density at radius 3 is 2.31 bits per heavy atom. The van der Waals surface area contributed by atoms with E-state index in [2.05, 4.69) is 33.1 Å². The summed E-state index contributed by atoms with van der Waals surface area (Å²) in [5.74, 6) is -4.02. The lowest BCUT2D eigenvalue weighted by Crippen LogP contribution is -2.81. The fourth-order valence-corrected chi connectivity index (χ4v) is 14.4. The molecule has 2 bridgehead atoms. The molecule has 1 saturated heterocycles. The molecule has 1 spiro atoms. The average Bonchev–Trinajstić information content (AvgIpc) is 3.99. The number of aromatic amines is 1. The topological polar surface area (TPSA) is 189 Å². The van der Waals surface area contributed by atoms with Crippen LogP contribution in [0, 0.1) is 17.3 Å². The highest BCUT2D eigenvalue weighted by atomic mass is 16.6. The van der Waals surface area contributed by atoms with Gasteiger partial charge in [-0.3, -0.25) is 29.0 Å². The van der Waals surface area contributed by atoms with Crippen molar-refractivity contribution in [3.8, 4) is 5.75 Å². The molecule has 11 atom stereocenters. The number of nitrogens with one attached hydrogen (secondary N) is 2. The Hall–Kier alpha value is -5.71. The van der Waals surface area contributed by atoms with Crippen LogP contribution in [0.3, 0.4) is 0 Å². The van der Waals surface area contributed by atoms with Gasteiger partial charge in [-0.25, -0.2) is 4.79 Å². The normalized spacial score (nSPS) is 33.2. The van der Waals surface area contributed by atoms with E-state index in [9.17, 15) is 24.3 Å². The van der Waals surface area contributed by atoms with Crippen LogP contribution in [0.4, 0.5) is 5.69 Å². The van der Waals surface area contributed by atoms with Crippen molar-refractivity contribution in [2.45, 2.75) is 120 Å². The van der Waals surface area contributed by atoms with Crippen LogP contribution in [-0.2, 0) is 60.2 Å². The maximum atomic E-state index is 15.8. The Balaban J connectivity index is 1.38. The lowest BCUT2D eigenvalue weighted by molar-refractivity contribution is -0.228. The number of carbonyl (C=O) groups excluding carboxylic acids is 5. The van der Waals surface area contributed by atoms with Gasteiger partial charge in [-0.2, -0.15) is 0 Å². The van der Waals surface area contributed by atoms with Gasteiger partial charge in [-0.05, 0) is 88.6 Å². The number of hydrogen-bond acceptors (Lipinski definition) is 14. The highest BCUT2D eigenvalue weighted by Gasteiger charge is 2.80. The van der Waals surface area contributed by atoms with E-state index < -0.39 is 75.4 Å². The van der Waals surface area contributed by atoms with E-state index in [1.54, 1.807) is 7.11 Å². The third-order valence-electron chi connectivity index (χ3n) is 16.8. The zero-order chi connectivity index (χ0) is 50.5. The van der Waals surface area contributed by atoms with E-state index in [0.717, 1.165) is 16.5 Å². The summed E-state index contributed by atoms with van der Waals surface area (Å²) in [6.45, 7) is 13.0. The number of amides is 1. The van der Waals surface area contributed by atoms with Crippen molar-refractivity contribution in [1.29, 1.82) is 0 Å². The summed E-state index contributed by atoms with van der Waals surface area (Å²) in [4.78, 5) is 82.9. The molecule has 16 heteroatoms. The molecule has 2 fully saturated rings. The Morgan fingerprint density at radius 1 is 0.943 bits per heavy atom. The molecule has 2 aromatic carbocycles. The second kappa shape index (κ2) is 17.5. The quantitative estimate of drug-likeness (QED) is 0.150. The molecule has 9 rings (SSSR count). The maximum absolute atomic E-state index is 15.8. The number of H-pyrrole nitrogens is 1. The van der Waals surface area contributed by atoms with E-state index >= 15 is 4.79 Å². The number of nitrogens with zero attached hydrogens (tertiary/aromatic N) is 3. The molecule has 1 aromatic heterocycles. The van der Waals surface area contributed by atoms with Gasteiger partial charge < -0.3 is 44.0 Å². The van der Waals surface area contributed by atoms with Gasteiger partial charge in [0.1, 0.15) is 17.2 Å². The number of rotatable bonds is 9. The number of carbonyl (C=O) groups is 5. The third kappa shape index (κ3) is 6.96. The molecule has 0 radical (unpaired) electrons. The van der Waals surface area contributed by atoms with Gasteiger partial charge in [-0.15, -0.1) is 0 Å². The van der Waals surface area contributed by atoms with Crippen molar-refractivity contribution >= 4 is 46.4 Å². The molecule has 1 aliphatic carbocycles. The predicted octanol–water partition coefficient (Wildman–Crippen LogP) is 4.87. The van der Waals surface area contributed by atoms with Crippen LogP contribution in [0.5, 0.6) is 5.75 Å². The van der Waals surface area contributed by atoms with Crippen LogP contribution in [-0.4, -0.2) is 147 Å². The van der Waals surface area contributed by atoms with Gasteiger partial charge in [0.25, 0.3) is 0 Å². The third-order valence-corrected chi connectivity index (χ3v) is 16.8. The maximum Gasteiger partial charge on any atom is 0.344 e. The van der Waals surface area contributed by atoms with Crippen LogP contribution in [0.15, 0.2) is 60.2 Å². The van der Waals surface area contributed by atoms with Gasteiger partial charge in [0.2, 0.25) is 11.5 Å². The summed E-state index contributed by atoms with van der Waals surface area (Å²) < 4.78 is 29.8. The molecule has 3 N–H and O–H groups in total. The summed E-state index contributed by atoms with van der Waals surface area (Å²) in [5.41, 5.74) is -1.86. The zero-order valence-corrected chi connectivity index (χ0v) is 42.4. The first-order valence-electron chi connectivity index (χ1n) is 24.6. The first-order valence-corrected chi connectivity index (χ1v) is 24.6. The van der Waals surface area contributed by atoms with Gasteiger partial charge in [0.15, 0.2) is 6.10 Å². The summed E-state index contributed by atoms with van der Waals surface area (Å²) in [7, 11) is 7.33. The molecule has 1 saturated carbocycles. The van der Waals surface area contributed by atoms with E-state index in [4.69, 9.17) is 23.7 Å². The first-order chi connectivity index (χ1) is 33.2. The van der Waals surface area contributed by atoms with Crippen LogP contribution < -0.4 is 15.0 Å². The van der Waals surface area contributed by atoms with Crippen LogP contribution >= 0.6 is 0 Å². The Kier molecular flexibility index (Phi) is 12.4. The number of fused-ring (bicyclic) bond motifs is 6. The lowest BCUT2D eigenvalue weighted by atomic mass is 9.47. The minimum absolute atomic E-state index is 0.0213. The molecule has 6 heterocycles. The molecule has 16 nitrogen and oxygen atoms in total. The molecule has 2 unspecified atom stereocenters. The number of ether oxygens (including phenoxy) is 5. The van der Waals surface area contributed by atoms with Crippen LogP contribution in [0.2, 0.25) is 0 Å². The molecule has 376 valence electrons. The molecule has 70 heavy (non-hydrogen) atoms. The largest absolute Gasteiger partial charge is 0.496 e.